The second-order valence-electron chi connectivity index (χ2n) is 5.35. The zero-order chi connectivity index (χ0) is 8.93. The molecule has 4 atom stereocenters. The van der Waals surface area contributed by atoms with Gasteiger partial charge in [-0.2, -0.15) is 0 Å². The summed E-state index contributed by atoms with van der Waals surface area (Å²) in [5.41, 5.74) is 0.646. The third kappa shape index (κ3) is 0.891. The van der Waals surface area contributed by atoms with Crippen LogP contribution in [-0.2, 0) is 0 Å². The number of hydrogen-bond donors (Lipinski definition) is 1. The van der Waals surface area contributed by atoms with Gasteiger partial charge < -0.3 is 5.32 Å². The van der Waals surface area contributed by atoms with Crippen LogP contribution in [0.3, 0.4) is 0 Å². The quantitative estimate of drug-likeness (QED) is 0.632. The molecule has 3 saturated carbocycles. The smallest absolute Gasteiger partial charge is 0.00953 e. The highest BCUT2D eigenvalue weighted by Gasteiger charge is 2.55. The molecule has 1 heteroatoms. The summed E-state index contributed by atoms with van der Waals surface area (Å²) in [6, 6.07) is 0.793. The highest BCUT2D eigenvalue weighted by molar-refractivity contribution is 5.06. The second-order valence-corrected chi connectivity index (χ2v) is 5.35. The Bertz CT molecular complexity index is 185. The Labute approximate surface area is 75.9 Å². The van der Waals surface area contributed by atoms with Gasteiger partial charge in [-0.25, -0.2) is 0 Å². The van der Waals surface area contributed by atoms with Crippen molar-refractivity contribution in [2.45, 2.75) is 39.7 Å². The summed E-state index contributed by atoms with van der Waals surface area (Å²) in [4.78, 5) is 0. The fraction of sp³-hybridized carbons (Fsp3) is 1.00. The van der Waals surface area contributed by atoms with Crippen molar-refractivity contribution >= 4 is 0 Å². The lowest BCUT2D eigenvalue weighted by molar-refractivity contribution is -0.113. The molecular formula is C11H21N. The maximum absolute atomic E-state index is 3.45. The number of fused-ring (bicyclic) bond motifs is 2. The van der Waals surface area contributed by atoms with E-state index in [1.54, 1.807) is 0 Å². The summed E-state index contributed by atoms with van der Waals surface area (Å²) < 4.78 is 0. The number of nitrogens with one attached hydrogen (secondary N) is 1. The predicted molar refractivity (Wildman–Crippen MR) is 52.0 cm³/mol. The van der Waals surface area contributed by atoms with E-state index in [4.69, 9.17) is 0 Å². The van der Waals surface area contributed by atoms with Gasteiger partial charge in [0.1, 0.15) is 0 Å². The molecule has 2 bridgehead atoms. The molecule has 70 valence electrons. The minimum atomic E-state index is 0.646. The van der Waals surface area contributed by atoms with Crippen LogP contribution < -0.4 is 5.32 Å². The third-order valence-corrected chi connectivity index (χ3v) is 4.72. The van der Waals surface area contributed by atoms with Gasteiger partial charge in [0.25, 0.3) is 0 Å². The van der Waals surface area contributed by atoms with Crippen LogP contribution in [0.1, 0.15) is 33.6 Å². The molecule has 0 saturated heterocycles. The maximum Gasteiger partial charge on any atom is 0.00953 e. The molecule has 0 spiro atoms. The predicted octanol–water partition coefficient (Wildman–Crippen LogP) is 2.28. The van der Waals surface area contributed by atoms with Gasteiger partial charge in [-0.3, -0.25) is 0 Å². The van der Waals surface area contributed by atoms with Crippen molar-refractivity contribution < 1.29 is 0 Å². The van der Waals surface area contributed by atoms with Crippen molar-refractivity contribution in [1.82, 2.24) is 5.32 Å². The first-order valence-electron chi connectivity index (χ1n) is 5.24. The molecule has 3 fully saturated rings. The van der Waals surface area contributed by atoms with Crippen LogP contribution in [0.5, 0.6) is 0 Å². The SMILES string of the molecule is CN[C@@H]1C[C@@H]2C[C@H]([C@@H]1C)C2(C)C. The summed E-state index contributed by atoms with van der Waals surface area (Å²) in [6.07, 6.45) is 2.90. The first-order valence-corrected chi connectivity index (χ1v) is 5.24. The highest BCUT2D eigenvalue weighted by atomic mass is 14.9. The summed E-state index contributed by atoms with van der Waals surface area (Å²) in [5.74, 6) is 2.86. The molecule has 0 unspecified atom stereocenters. The monoisotopic (exact) mass is 167 g/mol. The summed E-state index contributed by atoms with van der Waals surface area (Å²) >= 11 is 0. The average molecular weight is 167 g/mol. The summed E-state index contributed by atoms with van der Waals surface area (Å²) in [5, 5.41) is 3.45. The van der Waals surface area contributed by atoms with Gasteiger partial charge in [0.2, 0.25) is 0 Å². The van der Waals surface area contributed by atoms with Gasteiger partial charge in [-0.1, -0.05) is 20.8 Å². The Balaban J connectivity index is 2.11. The van der Waals surface area contributed by atoms with Crippen LogP contribution in [0.2, 0.25) is 0 Å². The van der Waals surface area contributed by atoms with Gasteiger partial charge in [-0.05, 0) is 43.1 Å². The van der Waals surface area contributed by atoms with Crippen molar-refractivity contribution in [3.05, 3.63) is 0 Å². The lowest BCUT2D eigenvalue weighted by Gasteiger charge is -2.62. The van der Waals surface area contributed by atoms with Gasteiger partial charge >= 0.3 is 0 Å². The molecule has 0 aliphatic heterocycles. The van der Waals surface area contributed by atoms with E-state index in [9.17, 15) is 0 Å². The fourth-order valence-corrected chi connectivity index (χ4v) is 3.53. The molecule has 0 radical (unpaired) electrons. The number of hydrogen-bond acceptors (Lipinski definition) is 1. The van der Waals surface area contributed by atoms with Crippen LogP contribution in [0.15, 0.2) is 0 Å². The van der Waals surface area contributed by atoms with Crippen molar-refractivity contribution in [1.29, 1.82) is 0 Å². The van der Waals surface area contributed by atoms with E-state index in [0.717, 1.165) is 23.8 Å². The van der Waals surface area contributed by atoms with Gasteiger partial charge in [0, 0.05) is 6.04 Å². The molecule has 12 heavy (non-hydrogen) atoms. The molecular weight excluding hydrogens is 146 g/mol. The van der Waals surface area contributed by atoms with Crippen molar-refractivity contribution in [2.24, 2.45) is 23.2 Å². The standard InChI is InChI=1S/C11H21N/c1-7-9-5-8(11(9,2)3)6-10(7)12-4/h7-10,12H,5-6H2,1-4H3/t7-,8-,9+,10+/m0/s1. The summed E-state index contributed by atoms with van der Waals surface area (Å²) in [7, 11) is 2.11. The van der Waals surface area contributed by atoms with Crippen molar-refractivity contribution in [2.75, 3.05) is 7.05 Å². The lowest BCUT2D eigenvalue weighted by atomic mass is 9.45. The second kappa shape index (κ2) is 2.47. The molecule has 0 aromatic carbocycles. The van der Waals surface area contributed by atoms with Crippen LogP contribution in [0.4, 0.5) is 0 Å². The van der Waals surface area contributed by atoms with Crippen molar-refractivity contribution in [3.63, 3.8) is 0 Å². The first kappa shape index (κ1) is 8.55. The zero-order valence-corrected chi connectivity index (χ0v) is 8.72. The largest absolute Gasteiger partial charge is 0.317 e. The molecule has 0 aromatic heterocycles. The van der Waals surface area contributed by atoms with E-state index in [-0.39, 0.29) is 0 Å². The molecule has 3 aliphatic carbocycles. The van der Waals surface area contributed by atoms with E-state index in [1.807, 2.05) is 0 Å². The normalized spacial score (nSPS) is 50.0. The van der Waals surface area contributed by atoms with Crippen LogP contribution in [0, 0.1) is 23.2 Å². The fourth-order valence-electron chi connectivity index (χ4n) is 3.53. The number of rotatable bonds is 1. The Morgan fingerprint density at radius 2 is 1.92 bits per heavy atom. The van der Waals surface area contributed by atoms with Crippen LogP contribution in [-0.4, -0.2) is 13.1 Å². The average Bonchev–Trinajstić information content (AvgIpc) is 2.03. The first-order chi connectivity index (χ1) is 5.57. The lowest BCUT2D eigenvalue weighted by Crippen LogP contribution is -2.59. The van der Waals surface area contributed by atoms with E-state index in [0.29, 0.717) is 5.41 Å². The molecule has 1 nitrogen and oxygen atoms in total. The molecule has 3 rings (SSSR count). The van der Waals surface area contributed by atoms with Crippen molar-refractivity contribution in [3.8, 4) is 0 Å². The maximum atomic E-state index is 3.45. The zero-order valence-electron chi connectivity index (χ0n) is 8.72. The van der Waals surface area contributed by atoms with Gasteiger partial charge in [-0.15, -0.1) is 0 Å². The van der Waals surface area contributed by atoms with E-state index >= 15 is 0 Å². The Kier molecular flexibility index (Phi) is 1.76. The molecule has 0 heterocycles. The Hall–Kier alpha value is -0.0400. The molecule has 1 N–H and O–H groups in total. The van der Waals surface area contributed by atoms with Gasteiger partial charge in [0.05, 0.1) is 0 Å². The Morgan fingerprint density at radius 3 is 2.33 bits per heavy atom. The Morgan fingerprint density at radius 1 is 1.25 bits per heavy atom. The van der Waals surface area contributed by atoms with Crippen LogP contribution in [0.25, 0.3) is 0 Å². The van der Waals surface area contributed by atoms with E-state index < -0.39 is 0 Å². The van der Waals surface area contributed by atoms with Gasteiger partial charge in [0.15, 0.2) is 0 Å². The topological polar surface area (TPSA) is 12.0 Å². The minimum absolute atomic E-state index is 0.646. The summed E-state index contributed by atoms with van der Waals surface area (Å²) in [6.45, 7) is 7.32. The van der Waals surface area contributed by atoms with E-state index in [1.165, 1.54) is 12.8 Å². The third-order valence-electron chi connectivity index (χ3n) is 4.72. The highest BCUT2D eigenvalue weighted by Crippen LogP contribution is 2.61. The molecule has 0 aromatic rings. The van der Waals surface area contributed by atoms with E-state index in [2.05, 4.69) is 33.1 Å². The molecule has 3 aliphatic rings. The molecule has 0 amide bonds. The minimum Gasteiger partial charge on any atom is -0.317 e. The van der Waals surface area contributed by atoms with Crippen LogP contribution >= 0.6 is 0 Å².